The number of nitrogens with one attached hydrogen (secondary N) is 1. The van der Waals surface area contributed by atoms with Crippen LogP contribution < -0.4 is 10.1 Å². The molecule has 1 aliphatic carbocycles. The number of ether oxygens (including phenoxy) is 2. The van der Waals surface area contributed by atoms with E-state index in [-0.39, 0.29) is 17.4 Å². The molecule has 1 spiro atoms. The molecule has 1 heterocycles. The second kappa shape index (κ2) is 7.97. The predicted molar refractivity (Wildman–Crippen MR) is 107 cm³/mol. The molecule has 0 radical (unpaired) electrons. The average Bonchev–Trinajstić information content (AvgIpc) is 3.39. The normalized spacial score (nSPS) is 22.1. The van der Waals surface area contributed by atoms with Gasteiger partial charge in [0.25, 0.3) is 5.91 Å². The molecule has 152 valence electrons. The van der Waals surface area contributed by atoms with Crippen LogP contribution in [0.4, 0.5) is 0 Å². The molecule has 1 aliphatic heterocycles. The molecule has 29 heavy (non-hydrogen) atoms. The molecule has 6 nitrogen and oxygen atoms in total. The van der Waals surface area contributed by atoms with Gasteiger partial charge in [0, 0.05) is 30.7 Å². The van der Waals surface area contributed by atoms with Crippen LogP contribution in [0, 0.1) is 10.8 Å². The fraction of sp³-hybridized carbons (Fsp3) is 0.391. The van der Waals surface area contributed by atoms with Gasteiger partial charge in [-0.05, 0) is 61.1 Å². The molecule has 0 aromatic heterocycles. The summed E-state index contributed by atoms with van der Waals surface area (Å²) in [4.78, 5) is 24.9. The van der Waals surface area contributed by atoms with Crippen LogP contribution in [0.1, 0.15) is 29.6 Å². The number of carbonyl (C=O) groups excluding carboxylic acids is 2. The SMILES string of the molecule is O=C(NCC1(CO)CC12CCOCC2)C(=O)c1ccc(Oc2ccccc2)cc1. The van der Waals surface area contributed by atoms with Crippen molar-refractivity contribution < 1.29 is 24.2 Å². The van der Waals surface area contributed by atoms with E-state index >= 15 is 0 Å². The van der Waals surface area contributed by atoms with E-state index in [1.54, 1.807) is 24.3 Å². The first-order valence-corrected chi connectivity index (χ1v) is 9.92. The number of aliphatic hydroxyl groups is 1. The Morgan fingerprint density at radius 2 is 1.66 bits per heavy atom. The van der Waals surface area contributed by atoms with Gasteiger partial charge in [-0.3, -0.25) is 9.59 Å². The third-order valence-corrected chi connectivity index (χ3v) is 6.32. The van der Waals surface area contributed by atoms with Gasteiger partial charge in [0.2, 0.25) is 5.78 Å². The molecule has 1 saturated heterocycles. The number of Topliss-reactive ketones (excluding diaryl/α,β-unsaturated/α-hetero) is 1. The van der Waals surface area contributed by atoms with Crippen molar-refractivity contribution in [3.05, 3.63) is 60.2 Å². The number of aliphatic hydroxyl groups excluding tert-OH is 1. The predicted octanol–water partition coefficient (Wildman–Crippen LogP) is 2.96. The van der Waals surface area contributed by atoms with Crippen molar-refractivity contribution >= 4 is 11.7 Å². The van der Waals surface area contributed by atoms with E-state index in [4.69, 9.17) is 9.47 Å². The van der Waals surface area contributed by atoms with E-state index < -0.39 is 11.7 Å². The van der Waals surface area contributed by atoms with E-state index in [9.17, 15) is 14.7 Å². The topological polar surface area (TPSA) is 84.9 Å². The lowest BCUT2D eigenvalue weighted by Crippen LogP contribution is -2.39. The summed E-state index contributed by atoms with van der Waals surface area (Å²) in [5.74, 6) is 0.0478. The van der Waals surface area contributed by atoms with Gasteiger partial charge in [-0.25, -0.2) is 0 Å². The maximum Gasteiger partial charge on any atom is 0.292 e. The second-order valence-corrected chi connectivity index (χ2v) is 7.96. The summed E-state index contributed by atoms with van der Waals surface area (Å²) < 4.78 is 11.1. The Kier molecular flexibility index (Phi) is 5.39. The Bertz CT molecular complexity index is 874. The molecule has 0 bridgehead atoms. The number of para-hydroxylation sites is 1. The molecular formula is C23H25NO5. The maximum absolute atomic E-state index is 12.5. The third-order valence-electron chi connectivity index (χ3n) is 6.32. The van der Waals surface area contributed by atoms with Gasteiger partial charge in [0.05, 0.1) is 6.61 Å². The van der Waals surface area contributed by atoms with Crippen molar-refractivity contribution in [2.24, 2.45) is 10.8 Å². The minimum absolute atomic E-state index is 0.00694. The van der Waals surface area contributed by atoms with Gasteiger partial charge in [-0.15, -0.1) is 0 Å². The lowest BCUT2D eigenvalue weighted by molar-refractivity contribution is -0.117. The number of benzene rings is 2. The summed E-state index contributed by atoms with van der Waals surface area (Å²) in [6, 6.07) is 15.8. The molecule has 2 fully saturated rings. The van der Waals surface area contributed by atoms with Crippen LogP contribution >= 0.6 is 0 Å². The maximum atomic E-state index is 12.5. The van der Waals surface area contributed by atoms with Gasteiger partial charge in [0.15, 0.2) is 0 Å². The number of rotatable bonds is 7. The highest BCUT2D eigenvalue weighted by atomic mass is 16.5. The third kappa shape index (κ3) is 3.91. The van der Waals surface area contributed by atoms with Crippen LogP contribution in [-0.4, -0.2) is 43.2 Å². The first-order valence-electron chi connectivity index (χ1n) is 9.92. The van der Waals surface area contributed by atoms with Gasteiger partial charge >= 0.3 is 0 Å². The molecular weight excluding hydrogens is 370 g/mol. The highest BCUT2D eigenvalue weighted by Crippen LogP contribution is 2.68. The molecule has 1 atom stereocenters. The zero-order valence-electron chi connectivity index (χ0n) is 16.2. The summed E-state index contributed by atoms with van der Waals surface area (Å²) in [5, 5.41) is 12.6. The zero-order valence-corrected chi connectivity index (χ0v) is 16.2. The standard InChI is InChI=1S/C23H25NO5/c25-16-23(14-22(23)10-12-28-13-11-22)15-24-21(27)20(26)17-6-8-19(9-7-17)29-18-4-2-1-3-5-18/h1-9,25H,10-16H2,(H,24,27). The molecule has 2 aromatic carbocycles. The summed E-state index contributed by atoms with van der Waals surface area (Å²) >= 11 is 0. The van der Waals surface area contributed by atoms with Crippen molar-refractivity contribution in [2.45, 2.75) is 19.3 Å². The largest absolute Gasteiger partial charge is 0.457 e. The first kappa shape index (κ1) is 19.6. The van der Waals surface area contributed by atoms with Crippen molar-refractivity contribution in [1.29, 1.82) is 0 Å². The van der Waals surface area contributed by atoms with E-state index in [1.807, 2.05) is 30.3 Å². The molecule has 2 aromatic rings. The van der Waals surface area contributed by atoms with E-state index in [0.29, 0.717) is 36.8 Å². The smallest absolute Gasteiger partial charge is 0.292 e. The van der Waals surface area contributed by atoms with Crippen molar-refractivity contribution in [3.8, 4) is 11.5 Å². The average molecular weight is 395 g/mol. The zero-order chi connectivity index (χ0) is 20.3. The quantitative estimate of drug-likeness (QED) is 0.556. The lowest BCUT2D eigenvalue weighted by Gasteiger charge is -2.28. The minimum atomic E-state index is -0.649. The highest BCUT2D eigenvalue weighted by Gasteiger charge is 2.66. The Morgan fingerprint density at radius 3 is 2.31 bits per heavy atom. The highest BCUT2D eigenvalue weighted by molar-refractivity contribution is 6.42. The fourth-order valence-corrected chi connectivity index (χ4v) is 4.36. The van der Waals surface area contributed by atoms with E-state index in [1.165, 1.54) is 0 Å². The summed E-state index contributed by atoms with van der Waals surface area (Å²) in [7, 11) is 0. The van der Waals surface area contributed by atoms with Crippen LogP contribution in [0.3, 0.4) is 0 Å². The van der Waals surface area contributed by atoms with Gasteiger partial charge in [-0.1, -0.05) is 18.2 Å². The minimum Gasteiger partial charge on any atom is -0.457 e. The Morgan fingerprint density at radius 1 is 1.00 bits per heavy atom. The molecule has 6 heteroatoms. The Hall–Kier alpha value is -2.70. The van der Waals surface area contributed by atoms with Crippen LogP contribution in [0.2, 0.25) is 0 Å². The molecule has 2 aliphatic rings. The molecule has 1 unspecified atom stereocenters. The van der Waals surface area contributed by atoms with Crippen molar-refractivity contribution in [1.82, 2.24) is 5.32 Å². The van der Waals surface area contributed by atoms with Crippen LogP contribution in [0.15, 0.2) is 54.6 Å². The fourth-order valence-electron chi connectivity index (χ4n) is 4.36. The van der Waals surface area contributed by atoms with Crippen LogP contribution in [0.25, 0.3) is 0 Å². The van der Waals surface area contributed by atoms with Crippen LogP contribution in [0.5, 0.6) is 11.5 Å². The number of carbonyl (C=O) groups is 2. The van der Waals surface area contributed by atoms with Crippen molar-refractivity contribution in [2.75, 3.05) is 26.4 Å². The van der Waals surface area contributed by atoms with Gasteiger partial charge in [0.1, 0.15) is 11.5 Å². The molecule has 4 rings (SSSR count). The lowest BCUT2D eigenvalue weighted by atomic mass is 9.86. The van der Waals surface area contributed by atoms with E-state index in [2.05, 4.69) is 5.32 Å². The summed E-state index contributed by atoms with van der Waals surface area (Å²) in [6.45, 7) is 1.69. The van der Waals surface area contributed by atoms with Gasteiger partial charge < -0.3 is 19.9 Å². The number of hydrogen-bond donors (Lipinski definition) is 2. The first-order chi connectivity index (χ1) is 14.1. The second-order valence-electron chi connectivity index (χ2n) is 7.96. The summed E-state index contributed by atoms with van der Waals surface area (Å²) in [6.07, 6.45) is 2.64. The van der Waals surface area contributed by atoms with Gasteiger partial charge in [-0.2, -0.15) is 0 Å². The Labute approximate surface area is 169 Å². The number of hydrogen-bond acceptors (Lipinski definition) is 5. The van der Waals surface area contributed by atoms with E-state index in [0.717, 1.165) is 19.3 Å². The number of amides is 1. The molecule has 2 N–H and O–H groups in total. The van der Waals surface area contributed by atoms with Crippen LogP contribution in [-0.2, 0) is 9.53 Å². The number of ketones is 1. The summed E-state index contributed by atoms with van der Waals surface area (Å²) in [5.41, 5.74) is 0.00452. The van der Waals surface area contributed by atoms with Crippen molar-refractivity contribution in [3.63, 3.8) is 0 Å². The monoisotopic (exact) mass is 395 g/mol. The molecule has 1 saturated carbocycles. The molecule has 1 amide bonds. The Balaban J connectivity index is 1.34.